The standard InChI is InChI=1S/C10H11F2NO2/c1-6-3-2-4-7(9(6)14)10(15)13-5-8(11)12/h2-4,8,14H,5H2,1H3,(H,13,15). The Hall–Kier alpha value is -1.65. The third kappa shape index (κ3) is 2.90. The van der Waals surface area contributed by atoms with Crippen molar-refractivity contribution < 1.29 is 18.7 Å². The van der Waals surface area contributed by atoms with E-state index in [4.69, 9.17) is 0 Å². The summed E-state index contributed by atoms with van der Waals surface area (Å²) in [5.41, 5.74) is 0.537. The number of aryl methyl sites for hydroxylation is 1. The van der Waals surface area contributed by atoms with Crippen LogP contribution in [-0.2, 0) is 0 Å². The Morgan fingerprint density at radius 3 is 2.80 bits per heavy atom. The van der Waals surface area contributed by atoms with E-state index in [0.717, 1.165) is 0 Å². The lowest BCUT2D eigenvalue weighted by atomic mass is 10.1. The Labute approximate surface area is 85.7 Å². The van der Waals surface area contributed by atoms with E-state index < -0.39 is 18.9 Å². The van der Waals surface area contributed by atoms with Crippen molar-refractivity contribution in [3.05, 3.63) is 29.3 Å². The molecule has 0 aromatic heterocycles. The van der Waals surface area contributed by atoms with Crippen molar-refractivity contribution in [3.63, 3.8) is 0 Å². The van der Waals surface area contributed by atoms with Crippen LogP contribution in [0.4, 0.5) is 8.78 Å². The summed E-state index contributed by atoms with van der Waals surface area (Å²) in [7, 11) is 0. The second-order valence-corrected chi connectivity index (χ2v) is 3.07. The predicted octanol–water partition coefficient (Wildman–Crippen LogP) is 1.70. The highest BCUT2D eigenvalue weighted by molar-refractivity contribution is 5.97. The van der Waals surface area contributed by atoms with Crippen molar-refractivity contribution in [1.29, 1.82) is 0 Å². The molecule has 0 unspecified atom stereocenters. The average Bonchev–Trinajstić information content (AvgIpc) is 2.18. The molecule has 15 heavy (non-hydrogen) atoms. The molecular formula is C10H11F2NO2. The van der Waals surface area contributed by atoms with E-state index in [1.165, 1.54) is 6.07 Å². The van der Waals surface area contributed by atoms with Gasteiger partial charge in [0.15, 0.2) is 0 Å². The van der Waals surface area contributed by atoms with Crippen LogP contribution in [0.3, 0.4) is 0 Å². The Bertz CT molecular complexity index is 366. The molecule has 0 aliphatic carbocycles. The molecule has 0 atom stereocenters. The van der Waals surface area contributed by atoms with E-state index in [0.29, 0.717) is 5.56 Å². The molecule has 2 N–H and O–H groups in total. The van der Waals surface area contributed by atoms with Gasteiger partial charge in [-0.15, -0.1) is 0 Å². The van der Waals surface area contributed by atoms with Gasteiger partial charge in [0.05, 0.1) is 12.1 Å². The number of halogens is 2. The molecule has 0 aliphatic rings. The topological polar surface area (TPSA) is 49.3 Å². The fourth-order valence-corrected chi connectivity index (χ4v) is 1.11. The summed E-state index contributed by atoms with van der Waals surface area (Å²) >= 11 is 0. The molecule has 3 nitrogen and oxygen atoms in total. The maximum Gasteiger partial charge on any atom is 0.255 e. The van der Waals surface area contributed by atoms with E-state index in [2.05, 4.69) is 0 Å². The highest BCUT2D eigenvalue weighted by atomic mass is 19.3. The summed E-state index contributed by atoms with van der Waals surface area (Å²) in [5, 5.41) is 11.5. The number of rotatable bonds is 3. The van der Waals surface area contributed by atoms with Gasteiger partial charge >= 0.3 is 0 Å². The maximum atomic E-state index is 11.8. The van der Waals surface area contributed by atoms with E-state index in [1.807, 2.05) is 5.32 Å². The number of amides is 1. The first-order chi connectivity index (χ1) is 7.02. The van der Waals surface area contributed by atoms with Crippen LogP contribution in [0.15, 0.2) is 18.2 Å². The first-order valence-corrected chi connectivity index (χ1v) is 4.37. The number of phenolic OH excluding ortho intramolecular Hbond substituents is 1. The van der Waals surface area contributed by atoms with Gasteiger partial charge in [-0.3, -0.25) is 4.79 Å². The number of hydrogen-bond acceptors (Lipinski definition) is 2. The third-order valence-electron chi connectivity index (χ3n) is 1.90. The number of nitrogens with one attached hydrogen (secondary N) is 1. The molecule has 1 aromatic carbocycles. The molecule has 0 bridgehead atoms. The molecule has 5 heteroatoms. The van der Waals surface area contributed by atoms with Crippen LogP contribution >= 0.6 is 0 Å². The van der Waals surface area contributed by atoms with Gasteiger partial charge in [-0.1, -0.05) is 12.1 Å². The highest BCUT2D eigenvalue weighted by Gasteiger charge is 2.13. The quantitative estimate of drug-likeness (QED) is 0.806. The second kappa shape index (κ2) is 4.72. The molecule has 0 spiro atoms. The van der Waals surface area contributed by atoms with Gasteiger partial charge in [0.1, 0.15) is 5.75 Å². The van der Waals surface area contributed by atoms with Crippen molar-refractivity contribution in [1.82, 2.24) is 5.32 Å². The third-order valence-corrected chi connectivity index (χ3v) is 1.90. The molecule has 0 fully saturated rings. The monoisotopic (exact) mass is 215 g/mol. The molecule has 0 radical (unpaired) electrons. The van der Waals surface area contributed by atoms with Gasteiger partial charge in [-0.25, -0.2) is 8.78 Å². The number of para-hydroxylation sites is 1. The second-order valence-electron chi connectivity index (χ2n) is 3.07. The number of aromatic hydroxyl groups is 1. The van der Waals surface area contributed by atoms with E-state index >= 15 is 0 Å². The lowest BCUT2D eigenvalue weighted by molar-refractivity contribution is 0.0889. The number of carbonyl (C=O) groups excluding carboxylic acids is 1. The molecule has 0 saturated heterocycles. The van der Waals surface area contributed by atoms with Gasteiger partial charge in [-0.2, -0.15) is 0 Å². The van der Waals surface area contributed by atoms with Crippen molar-refractivity contribution >= 4 is 5.91 Å². The Morgan fingerprint density at radius 2 is 2.20 bits per heavy atom. The minimum atomic E-state index is -2.60. The number of alkyl halides is 2. The first-order valence-electron chi connectivity index (χ1n) is 4.37. The smallest absolute Gasteiger partial charge is 0.255 e. The Kier molecular flexibility index (Phi) is 3.60. The summed E-state index contributed by atoms with van der Waals surface area (Å²) < 4.78 is 23.6. The van der Waals surface area contributed by atoms with Crippen LogP contribution in [-0.4, -0.2) is 24.0 Å². The SMILES string of the molecule is Cc1cccc(C(=O)NCC(F)F)c1O. The van der Waals surface area contributed by atoms with Crippen molar-refractivity contribution in [3.8, 4) is 5.75 Å². The number of benzene rings is 1. The van der Waals surface area contributed by atoms with Gasteiger partial charge in [0.25, 0.3) is 12.3 Å². The zero-order chi connectivity index (χ0) is 11.4. The molecule has 0 saturated carbocycles. The predicted molar refractivity (Wildman–Crippen MR) is 51.2 cm³/mol. The van der Waals surface area contributed by atoms with Gasteiger partial charge in [0.2, 0.25) is 0 Å². The number of carbonyl (C=O) groups is 1. The van der Waals surface area contributed by atoms with Crippen molar-refractivity contribution in [2.24, 2.45) is 0 Å². The van der Waals surface area contributed by atoms with Gasteiger partial charge < -0.3 is 10.4 Å². The van der Waals surface area contributed by atoms with Crippen LogP contribution in [0.25, 0.3) is 0 Å². The Morgan fingerprint density at radius 1 is 1.53 bits per heavy atom. The van der Waals surface area contributed by atoms with Crippen molar-refractivity contribution in [2.45, 2.75) is 13.3 Å². The Balaban J connectivity index is 2.78. The minimum Gasteiger partial charge on any atom is -0.507 e. The molecule has 1 rings (SSSR count). The van der Waals surface area contributed by atoms with E-state index in [9.17, 15) is 18.7 Å². The van der Waals surface area contributed by atoms with Crippen LogP contribution in [0.5, 0.6) is 5.75 Å². The van der Waals surface area contributed by atoms with Crippen LogP contribution < -0.4 is 5.32 Å². The summed E-state index contributed by atoms with van der Waals surface area (Å²) in [6.07, 6.45) is -2.60. The molecule has 0 aliphatic heterocycles. The average molecular weight is 215 g/mol. The summed E-state index contributed by atoms with van der Waals surface area (Å²) in [5.74, 6) is -0.874. The fraction of sp³-hybridized carbons (Fsp3) is 0.300. The molecular weight excluding hydrogens is 204 g/mol. The van der Waals surface area contributed by atoms with Crippen LogP contribution in [0, 0.1) is 6.92 Å². The molecule has 1 aromatic rings. The normalized spacial score (nSPS) is 10.4. The maximum absolute atomic E-state index is 11.8. The van der Waals surface area contributed by atoms with E-state index in [1.54, 1.807) is 19.1 Å². The summed E-state index contributed by atoms with van der Waals surface area (Å²) in [6, 6.07) is 4.58. The summed E-state index contributed by atoms with van der Waals surface area (Å²) in [6.45, 7) is 0.908. The van der Waals surface area contributed by atoms with Crippen LogP contribution in [0.2, 0.25) is 0 Å². The zero-order valence-electron chi connectivity index (χ0n) is 8.13. The van der Waals surface area contributed by atoms with Gasteiger partial charge in [-0.05, 0) is 18.6 Å². The minimum absolute atomic E-state index is 0.00986. The van der Waals surface area contributed by atoms with Crippen LogP contribution in [0.1, 0.15) is 15.9 Å². The lowest BCUT2D eigenvalue weighted by Crippen LogP contribution is -2.28. The highest BCUT2D eigenvalue weighted by Crippen LogP contribution is 2.20. The number of phenols is 1. The van der Waals surface area contributed by atoms with E-state index in [-0.39, 0.29) is 11.3 Å². The number of hydrogen-bond donors (Lipinski definition) is 2. The summed E-state index contributed by atoms with van der Waals surface area (Å²) in [4.78, 5) is 11.3. The molecule has 82 valence electrons. The fourth-order valence-electron chi connectivity index (χ4n) is 1.11. The lowest BCUT2D eigenvalue weighted by Gasteiger charge is -2.07. The largest absolute Gasteiger partial charge is 0.507 e. The molecule has 1 amide bonds. The van der Waals surface area contributed by atoms with Crippen molar-refractivity contribution in [2.75, 3.05) is 6.54 Å². The molecule has 0 heterocycles. The van der Waals surface area contributed by atoms with Gasteiger partial charge in [0, 0.05) is 0 Å². The zero-order valence-corrected chi connectivity index (χ0v) is 8.13. The first kappa shape index (κ1) is 11.4.